The van der Waals surface area contributed by atoms with E-state index in [2.05, 4.69) is 10.3 Å². The summed E-state index contributed by atoms with van der Waals surface area (Å²) in [5, 5.41) is 2.72. The van der Waals surface area contributed by atoms with Gasteiger partial charge in [-0.05, 0) is 36.4 Å². The Kier molecular flexibility index (Phi) is 5.93. The van der Waals surface area contributed by atoms with E-state index in [1.54, 1.807) is 28.8 Å². The van der Waals surface area contributed by atoms with Crippen LogP contribution in [0.5, 0.6) is 5.75 Å². The van der Waals surface area contributed by atoms with Crippen LogP contribution in [0.1, 0.15) is 5.82 Å². The highest BCUT2D eigenvalue weighted by Crippen LogP contribution is 2.17. The second-order valence-electron chi connectivity index (χ2n) is 6.33. The first kappa shape index (κ1) is 19.8. The molecule has 0 aliphatic heterocycles. The number of carbonyl (C=O) groups excluding carboxylic acids is 1. The van der Waals surface area contributed by atoms with Gasteiger partial charge in [-0.25, -0.2) is 17.8 Å². The van der Waals surface area contributed by atoms with Gasteiger partial charge in [-0.1, -0.05) is 12.1 Å². The molecule has 7 nitrogen and oxygen atoms in total. The van der Waals surface area contributed by atoms with Crippen LogP contribution < -0.4 is 10.1 Å². The minimum absolute atomic E-state index is 0.0537. The van der Waals surface area contributed by atoms with E-state index in [-0.39, 0.29) is 37.2 Å². The number of benzene rings is 2. The number of carbonyl (C=O) groups is 1. The van der Waals surface area contributed by atoms with Crippen molar-refractivity contribution < 1.29 is 22.3 Å². The van der Waals surface area contributed by atoms with Crippen molar-refractivity contribution in [1.29, 1.82) is 0 Å². The number of imidazole rings is 1. The molecule has 0 saturated carbocycles. The van der Waals surface area contributed by atoms with Crippen LogP contribution in [0.3, 0.4) is 0 Å². The van der Waals surface area contributed by atoms with Crippen LogP contribution in [0.15, 0.2) is 48.5 Å². The lowest BCUT2D eigenvalue weighted by molar-refractivity contribution is -0.121. The Morgan fingerprint density at radius 1 is 1.18 bits per heavy atom. The van der Waals surface area contributed by atoms with Gasteiger partial charge in [-0.2, -0.15) is 0 Å². The number of nitrogens with one attached hydrogen (secondary N) is 1. The van der Waals surface area contributed by atoms with Crippen LogP contribution in [0.25, 0.3) is 11.0 Å². The summed E-state index contributed by atoms with van der Waals surface area (Å²) in [5.74, 6) is -0.0605. The molecule has 0 unspecified atom stereocenters. The number of hydrogen-bond donors (Lipinski definition) is 1. The maximum atomic E-state index is 12.9. The second kappa shape index (κ2) is 8.39. The van der Waals surface area contributed by atoms with E-state index in [4.69, 9.17) is 4.74 Å². The van der Waals surface area contributed by atoms with Gasteiger partial charge in [0, 0.05) is 6.26 Å². The molecule has 0 aliphatic rings. The number of amides is 1. The molecule has 0 spiro atoms. The van der Waals surface area contributed by atoms with Crippen molar-refractivity contribution in [2.24, 2.45) is 0 Å². The Hall–Kier alpha value is -2.94. The lowest BCUT2D eigenvalue weighted by Gasteiger charge is -2.10. The van der Waals surface area contributed by atoms with E-state index in [1.165, 1.54) is 24.3 Å². The maximum absolute atomic E-state index is 12.9. The molecule has 1 heterocycles. The second-order valence-corrected chi connectivity index (χ2v) is 8.47. The van der Waals surface area contributed by atoms with Gasteiger partial charge in [-0.15, -0.1) is 0 Å². The van der Waals surface area contributed by atoms with Crippen LogP contribution in [0, 0.1) is 5.82 Å². The fourth-order valence-corrected chi connectivity index (χ4v) is 3.43. The number of sulfone groups is 1. The van der Waals surface area contributed by atoms with Gasteiger partial charge < -0.3 is 14.6 Å². The number of nitrogens with zero attached hydrogens (tertiary/aromatic N) is 2. The van der Waals surface area contributed by atoms with Gasteiger partial charge >= 0.3 is 0 Å². The summed E-state index contributed by atoms with van der Waals surface area (Å²) < 4.78 is 43.3. The number of ether oxygens (including phenoxy) is 1. The Morgan fingerprint density at radius 3 is 2.61 bits per heavy atom. The monoisotopic (exact) mass is 405 g/mol. The molecule has 1 aromatic heterocycles. The third kappa shape index (κ3) is 5.29. The quantitative estimate of drug-likeness (QED) is 0.578. The van der Waals surface area contributed by atoms with Crippen LogP contribution >= 0.6 is 0 Å². The van der Waals surface area contributed by atoms with Gasteiger partial charge in [0.05, 0.1) is 17.6 Å². The first-order valence-corrected chi connectivity index (χ1v) is 10.6. The number of fused-ring (bicyclic) bond motifs is 1. The van der Waals surface area contributed by atoms with E-state index < -0.39 is 9.84 Å². The highest BCUT2D eigenvalue weighted by Gasteiger charge is 2.17. The summed E-state index contributed by atoms with van der Waals surface area (Å²) in [6.45, 7) is 0.421. The molecule has 148 valence electrons. The van der Waals surface area contributed by atoms with Gasteiger partial charge in [0.2, 0.25) is 5.91 Å². The number of para-hydroxylation sites is 2. The first-order chi connectivity index (χ1) is 13.3. The zero-order chi connectivity index (χ0) is 20.1. The summed E-state index contributed by atoms with van der Waals surface area (Å²) in [6, 6.07) is 12.8. The molecule has 0 atom stereocenters. The molecule has 28 heavy (non-hydrogen) atoms. The van der Waals surface area contributed by atoms with Crippen molar-refractivity contribution in [2.45, 2.75) is 12.3 Å². The maximum Gasteiger partial charge on any atom is 0.240 e. The predicted octanol–water partition coefficient (Wildman–Crippen LogP) is 1.92. The molecule has 3 aromatic rings. The topological polar surface area (TPSA) is 90.3 Å². The molecule has 0 radical (unpaired) electrons. The molecule has 0 aliphatic carbocycles. The van der Waals surface area contributed by atoms with Crippen molar-refractivity contribution in [3.8, 4) is 5.75 Å². The van der Waals surface area contributed by atoms with Gasteiger partial charge in [0.15, 0.2) is 9.84 Å². The van der Waals surface area contributed by atoms with Crippen LogP contribution in [-0.4, -0.2) is 43.3 Å². The summed E-state index contributed by atoms with van der Waals surface area (Å²) >= 11 is 0. The normalized spacial score (nSPS) is 11.5. The van der Waals surface area contributed by atoms with E-state index in [9.17, 15) is 17.6 Å². The van der Waals surface area contributed by atoms with Crippen molar-refractivity contribution in [2.75, 3.05) is 19.4 Å². The van der Waals surface area contributed by atoms with Gasteiger partial charge in [0.25, 0.3) is 0 Å². The average Bonchev–Trinajstić information content (AvgIpc) is 2.96. The lowest BCUT2D eigenvalue weighted by atomic mass is 10.3. The highest BCUT2D eigenvalue weighted by molar-refractivity contribution is 7.89. The van der Waals surface area contributed by atoms with Crippen molar-refractivity contribution >= 4 is 26.8 Å². The zero-order valence-corrected chi connectivity index (χ0v) is 16.1. The van der Waals surface area contributed by atoms with Crippen molar-refractivity contribution in [1.82, 2.24) is 14.9 Å². The minimum Gasteiger partial charge on any atom is -0.492 e. The zero-order valence-electron chi connectivity index (χ0n) is 15.3. The molecule has 0 saturated heterocycles. The fraction of sp³-hybridized carbons (Fsp3) is 0.263. The summed E-state index contributed by atoms with van der Waals surface area (Å²) in [4.78, 5) is 16.7. The first-order valence-electron chi connectivity index (χ1n) is 8.59. The molecule has 2 aromatic carbocycles. The summed E-state index contributed by atoms with van der Waals surface area (Å²) in [5.41, 5.74) is 1.33. The predicted molar refractivity (Wildman–Crippen MR) is 103 cm³/mol. The largest absolute Gasteiger partial charge is 0.492 e. The smallest absolute Gasteiger partial charge is 0.240 e. The molecule has 1 amide bonds. The molecular formula is C19H20FN3O4S. The summed E-state index contributed by atoms with van der Waals surface area (Å²) in [7, 11) is -3.30. The standard InChI is InChI=1S/C19H20FN3O4S/c1-28(25,26)13-18-22-16-4-2-3-5-17(16)23(18)12-19(24)21-10-11-27-15-8-6-14(20)7-9-15/h2-9H,10-13H2,1H3,(H,21,24). The Morgan fingerprint density at radius 2 is 1.89 bits per heavy atom. The fourth-order valence-electron chi connectivity index (χ4n) is 2.74. The van der Waals surface area contributed by atoms with Crippen molar-refractivity contribution in [3.05, 3.63) is 60.2 Å². The molecular weight excluding hydrogens is 385 g/mol. The minimum atomic E-state index is -3.30. The van der Waals surface area contributed by atoms with E-state index in [0.29, 0.717) is 22.6 Å². The lowest BCUT2D eigenvalue weighted by Crippen LogP contribution is -2.31. The highest BCUT2D eigenvalue weighted by atomic mass is 32.2. The van der Waals surface area contributed by atoms with Gasteiger partial charge in [-0.3, -0.25) is 4.79 Å². The molecule has 1 N–H and O–H groups in total. The number of rotatable bonds is 8. The van der Waals surface area contributed by atoms with Crippen molar-refractivity contribution in [3.63, 3.8) is 0 Å². The van der Waals surface area contributed by atoms with E-state index in [0.717, 1.165) is 6.26 Å². The number of hydrogen-bond acceptors (Lipinski definition) is 5. The molecule has 3 rings (SSSR count). The molecule has 0 fully saturated rings. The Labute approximate surface area is 162 Å². The van der Waals surface area contributed by atoms with E-state index >= 15 is 0 Å². The SMILES string of the molecule is CS(=O)(=O)Cc1nc2ccccc2n1CC(=O)NCCOc1ccc(F)cc1. The van der Waals surface area contributed by atoms with E-state index in [1.807, 2.05) is 0 Å². The van der Waals surface area contributed by atoms with Crippen LogP contribution in [0.2, 0.25) is 0 Å². The van der Waals surface area contributed by atoms with Crippen LogP contribution in [0.4, 0.5) is 4.39 Å². The van der Waals surface area contributed by atoms with Gasteiger partial charge in [0.1, 0.15) is 36.3 Å². The number of halogens is 1. The van der Waals surface area contributed by atoms with Crippen LogP contribution in [-0.2, 0) is 26.9 Å². The molecule has 9 heteroatoms. The Balaban J connectivity index is 1.62. The molecule has 0 bridgehead atoms. The number of aromatic nitrogens is 2. The third-order valence-electron chi connectivity index (χ3n) is 3.93. The summed E-state index contributed by atoms with van der Waals surface area (Å²) in [6.07, 6.45) is 1.13. The Bertz CT molecular complexity index is 1080. The third-order valence-corrected chi connectivity index (χ3v) is 4.72. The average molecular weight is 405 g/mol.